The summed E-state index contributed by atoms with van der Waals surface area (Å²) in [5.41, 5.74) is 9.64. The number of carbonyl (C=O) groups excluding carboxylic acids is 2. The monoisotopic (exact) mass is 475 g/mol. The number of aromatic nitrogens is 1. The van der Waals surface area contributed by atoms with Crippen molar-refractivity contribution in [2.24, 2.45) is 16.8 Å². The Labute approximate surface area is 192 Å². The number of allylic oxidation sites excluding steroid dienone is 1. The van der Waals surface area contributed by atoms with Crippen LogP contribution in [0.2, 0.25) is 0 Å². The number of hydrogen-bond donors (Lipinski definition) is 4. The molecule has 0 atom stereocenters. The second-order valence-electron chi connectivity index (χ2n) is 6.69. The van der Waals surface area contributed by atoms with Crippen LogP contribution < -0.4 is 21.8 Å². The molecule has 2 aromatic rings. The van der Waals surface area contributed by atoms with E-state index in [0.717, 1.165) is 11.3 Å². The van der Waals surface area contributed by atoms with Gasteiger partial charge in [-0.25, -0.2) is 9.78 Å². The Kier molecular flexibility index (Phi) is 8.49. The number of benzene rings is 1. The summed E-state index contributed by atoms with van der Waals surface area (Å²) in [7, 11) is 0. The van der Waals surface area contributed by atoms with Gasteiger partial charge in [0.15, 0.2) is 10.2 Å². The van der Waals surface area contributed by atoms with E-state index in [4.69, 9.17) is 18.0 Å². The molecule has 2 rings (SSSR count). The van der Waals surface area contributed by atoms with Gasteiger partial charge in [0.25, 0.3) is 5.69 Å². The first-order valence-corrected chi connectivity index (χ1v) is 10.4. The van der Waals surface area contributed by atoms with Gasteiger partial charge in [-0.1, -0.05) is 31.3 Å². The molecule has 0 aliphatic heterocycles. The lowest BCUT2D eigenvalue weighted by atomic mass is 10.1. The molecule has 0 aliphatic rings. The third-order valence-corrected chi connectivity index (χ3v) is 5.02. The number of thiocarbonyl (C=S) groups is 1. The van der Waals surface area contributed by atoms with Gasteiger partial charge in [-0.3, -0.25) is 31.0 Å². The largest absolute Gasteiger partial charge is 0.375 e. The fraction of sp³-hybridized carbons (Fsp3) is 0.211. The van der Waals surface area contributed by atoms with Gasteiger partial charge in [-0.15, -0.1) is 0 Å². The number of hydrogen-bond acceptors (Lipinski definition) is 8. The highest BCUT2D eigenvalue weighted by molar-refractivity contribution is 7.80. The van der Waals surface area contributed by atoms with Gasteiger partial charge in [-0.05, 0) is 42.9 Å². The molecule has 0 saturated heterocycles. The van der Waals surface area contributed by atoms with E-state index in [1.54, 1.807) is 45.1 Å². The summed E-state index contributed by atoms with van der Waals surface area (Å²) in [5, 5.41) is 19.9. The number of non-ortho nitro benzene ring substituents is 1. The van der Waals surface area contributed by atoms with Crippen LogP contribution in [0.15, 0.2) is 35.4 Å². The Morgan fingerprint density at radius 1 is 1.31 bits per heavy atom. The van der Waals surface area contributed by atoms with E-state index in [-0.39, 0.29) is 21.8 Å². The summed E-state index contributed by atoms with van der Waals surface area (Å²) in [4.78, 5) is 38.9. The van der Waals surface area contributed by atoms with Crippen LogP contribution in [0.4, 0.5) is 15.6 Å². The summed E-state index contributed by atoms with van der Waals surface area (Å²) in [5.74, 6) is -0.756. The smallest absolute Gasteiger partial charge is 0.327 e. The number of nitrogens with two attached hydrogens (primary N) is 1. The number of aryl methyl sites for hydroxylation is 1. The van der Waals surface area contributed by atoms with E-state index in [2.05, 4.69) is 26.1 Å². The Hall–Kier alpha value is -3.71. The second-order valence-corrected chi connectivity index (χ2v) is 8.13. The van der Waals surface area contributed by atoms with Crippen LogP contribution >= 0.6 is 23.6 Å². The van der Waals surface area contributed by atoms with Gasteiger partial charge < -0.3 is 5.73 Å². The standard InChI is InChI=1S/C19H21N7O4S2/c1-10(2)16(27)22-18(28)23-19-21-11(3)15(32-19)14(24-25-17(20)31)9-6-12-4-7-13(8-5-12)26(29)30/h4-10H,1-3H3,(H3,20,25,31)(H2,21,22,23,27,28)/b9-6+,24-14+. The van der Waals surface area contributed by atoms with Gasteiger partial charge in [0.2, 0.25) is 5.91 Å². The molecule has 1 aromatic carbocycles. The molecule has 0 radical (unpaired) electrons. The maximum absolute atomic E-state index is 12.0. The molecule has 0 unspecified atom stereocenters. The molecule has 0 saturated carbocycles. The molecule has 0 fully saturated rings. The van der Waals surface area contributed by atoms with Crippen LogP contribution in [0.5, 0.6) is 0 Å². The molecular formula is C19H21N7O4S2. The average molecular weight is 476 g/mol. The minimum absolute atomic E-state index is 0.0190. The van der Waals surface area contributed by atoms with E-state index in [0.29, 0.717) is 21.8 Å². The Morgan fingerprint density at radius 3 is 2.53 bits per heavy atom. The predicted molar refractivity (Wildman–Crippen MR) is 127 cm³/mol. The highest BCUT2D eigenvalue weighted by Gasteiger charge is 2.16. The van der Waals surface area contributed by atoms with Crippen molar-refractivity contribution in [2.45, 2.75) is 20.8 Å². The molecule has 13 heteroatoms. The van der Waals surface area contributed by atoms with Gasteiger partial charge >= 0.3 is 6.03 Å². The number of urea groups is 1. The topological polar surface area (TPSA) is 165 Å². The van der Waals surface area contributed by atoms with E-state index < -0.39 is 16.9 Å². The molecular weight excluding hydrogens is 454 g/mol. The SMILES string of the molecule is Cc1nc(NC(=O)NC(=O)C(C)C)sc1C(/C=C/c1ccc([N+](=O)[O-])cc1)=N/NC(N)=S. The summed E-state index contributed by atoms with van der Waals surface area (Å²) in [6.45, 7) is 5.07. The first-order chi connectivity index (χ1) is 15.1. The third kappa shape index (κ3) is 7.21. The molecule has 3 amide bonds. The molecule has 0 spiro atoms. The summed E-state index contributed by atoms with van der Waals surface area (Å²) in [6, 6.07) is 5.28. The molecule has 1 heterocycles. The Bertz CT molecular complexity index is 1090. The number of carbonyl (C=O) groups is 2. The summed E-state index contributed by atoms with van der Waals surface area (Å²) >= 11 is 5.93. The summed E-state index contributed by atoms with van der Waals surface area (Å²) < 4.78 is 0. The number of anilines is 1. The minimum Gasteiger partial charge on any atom is -0.375 e. The van der Waals surface area contributed by atoms with Crippen molar-refractivity contribution in [1.82, 2.24) is 15.7 Å². The van der Waals surface area contributed by atoms with Crippen molar-refractivity contribution in [3.63, 3.8) is 0 Å². The fourth-order valence-corrected chi connectivity index (χ4v) is 3.21. The number of rotatable bonds is 7. The fourth-order valence-electron chi connectivity index (χ4n) is 2.23. The quantitative estimate of drug-likeness (QED) is 0.205. The number of nitro groups is 1. The lowest BCUT2D eigenvalue weighted by molar-refractivity contribution is -0.384. The van der Waals surface area contributed by atoms with E-state index >= 15 is 0 Å². The van der Waals surface area contributed by atoms with Crippen molar-refractivity contribution >= 4 is 63.2 Å². The highest BCUT2D eigenvalue weighted by Crippen LogP contribution is 2.24. The van der Waals surface area contributed by atoms with E-state index in [1.165, 1.54) is 12.1 Å². The molecule has 11 nitrogen and oxygen atoms in total. The van der Waals surface area contributed by atoms with Crippen LogP contribution in [-0.4, -0.2) is 32.7 Å². The van der Waals surface area contributed by atoms with Gasteiger partial charge in [0.1, 0.15) is 5.71 Å². The highest BCUT2D eigenvalue weighted by atomic mass is 32.1. The number of imide groups is 1. The van der Waals surface area contributed by atoms with Crippen LogP contribution in [0.25, 0.3) is 6.08 Å². The number of nitro benzene ring substituents is 1. The van der Waals surface area contributed by atoms with Crippen molar-refractivity contribution < 1.29 is 14.5 Å². The predicted octanol–water partition coefficient (Wildman–Crippen LogP) is 2.91. The van der Waals surface area contributed by atoms with Crippen molar-refractivity contribution in [3.8, 4) is 0 Å². The maximum Gasteiger partial charge on any atom is 0.327 e. The molecule has 1 aromatic heterocycles. The van der Waals surface area contributed by atoms with Crippen molar-refractivity contribution in [2.75, 3.05) is 5.32 Å². The second kappa shape index (κ2) is 11.1. The van der Waals surface area contributed by atoms with Crippen molar-refractivity contribution in [1.29, 1.82) is 0 Å². The van der Waals surface area contributed by atoms with Crippen LogP contribution in [0.1, 0.15) is 30.0 Å². The van der Waals surface area contributed by atoms with Crippen LogP contribution in [0, 0.1) is 23.0 Å². The number of thiazole rings is 1. The van der Waals surface area contributed by atoms with Gasteiger partial charge in [0, 0.05) is 18.1 Å². The minimum atomic E-state index is -0.690. The van der Waals surface area contributed by atoms with E-state index in [9.17, 15) is 19.7 Å². The molecule has 0 bridgehead atoms. The molecule has 5 N–H and O–H groups in total. The first kappa shape index (κ1) is 24.6. The van der Waals surface area contributed by atoms with E-state index in [1.807, 2.05) is 0 Å². The normalized spacial score (nSPS) is 11.4. The van der Waals surface area contributed by atoms with Gasteiger partial charge in [0.05, 0.1) is 15.5 Å². The zero-order valence-electron chi connectivity index (χ0n) is 17.4. The van der Waals surface area contributed by atoms with Crippen LogP contribution in [0.3, 0.4) is 0 Å². The number of amides is 3. The van der Waals surface area contributed by atoms with Crippen molar-refractivity contribution in [3.05, 3.63) is 56.6 Å². The Morgan fingerprint density at radius 2 is 1.97 bits per heavy atom. The number of nitrogens with zero attached hydrogens (tertiary/aromatic N) is 3. The Balaban J connectivity index is 2.26. The lowest BCUT2D eigenvalue weighted by Crippen LogP contribution is -2.36. The zero-order valence-corrected chi connectivity index (χ0v) is 19.0. The molecule has 0 aliphatic carbocycles. The lowest BCUT2D eigenvalue weighted by Gasteiger charge is -2.06. The maximum atomic E-state index is 12.0. The average Bonchev–Trinajstić information content (AvgIpc) is 3.07. The third-order valence-electron chi connectivity index (χ3n) is 3.83. The summed E-state index contributed by atoms with van der Waals surface area (Å²) in [6.07, 6.45) is 3.35. The van der Waals surface area contributed by atoms with Crippen LogP contribution in [-0.2, 0) is 4.79 Å². The zero-order chi connectivity index (χ0) is 23.8. The first-order valence-electron chi connectivity index (χ1n) is 9.22. The molecule has 168 valence electrons. The molecule has 32 heavy (non-hydrogen) atoms. The number of hydrazone groups is 1. The number of nitrogens with one attached hydrogen (secondary N) is 3. The van der Waals surface area contributed by atoms with Gasteiger partial charge in [-0.2, -0.15) is 5.10 Å².